The lowest BCUT2D eigenvalue weighted by molar-refractivity contribution is -0.139. The fraction of sp³-hybridized carbons (Fsp3) is 0.577. The molecule has 3 saturated carbocycles. The zero-order valence-corrected chi connectivity index (χ0v) is 17.9. The molecule has 6 atom stereocenters. The normalized spacial score (nSPS) is 40.1. The lowest BCUT2D eigenvalue weighted by Gasteiger charge is -2.56. The van der Waals surface area contributed by atoms with Crippen LogP contribution in [0.5, 0.6) is 0 Å². The number of ketones is 2. The molecule has 4 nitrogen and oxygen atoms in total. The summed E-state index contributed by atoms with van der Waals surface area (Å²) in [6, 6.07) is 9.09. The predicted molar refractivity (Wildman–Crippen MR) is 113 cm³/mol. The Kier molecular flexibility index (Phi) is 4.53. The van der Waals surface area contributed by atoms with Gasteiger partial charge < -0.3 is 4.74 Å². The topological polar surface area (TPSA) is 60.4 Å². The molecule has 0 radical (unpaired) electrons. The number of hydrogen-bond acceptors (Lipinski definition) is 4. The van der Waals surface area contributed by atoms with Crippen molar-refractivity contribution in [3.63, 3.8) is 0 Å². The SMILES string of the molecule is C[C@]12CC[C@H](OC(=O)c3ccccc3)CC1=CC(=O)[C@@H]1[C@@H]2CC[C@]2(C)C(=O)CC[C@@H]12. The predicted octanol–water partition coefficient (Wildman–Crippen LogP) is 4.92. The van der Waals surface area contributed by atoms with Crippen molar-refractivity contribution in [1.82, 2.24) is 0 Å². The molecule has 0 saturated heterocycles. The van der Waals surface area contributed by atoms with Crippen molar-refractivity contribution < 1.29 is 19.1 Å². The zero-order valence-electron chi connectivity index (χ0n) is 17.9. The van der Waals surface area contributed by atoms with Gasteiger partial charge in [0.25, 0.3) is 0 Å². The molecule has 0 aliphatic heterocycles. The molecule has 1 aromatic carbocycles. The van der Waals surface area contributed by atoms with Crippen LogP contribution in [0.4, 0.5) is 0 Å². The van der Waals surface area contributed by atoms with Crippen LogP contribution in [0, 0.1) is 28.6 Å². The third-order valence-corrected chi connectivity index (χ3v) is 8.89. The fourth-order valence-electron chi connectivity index (χ4n) is 7.04. The summed E-state index contributed by atoms with van der Waals surface area (Å²) >= 11 is 0. The van der Waals surface area contributed by atoms with Crippen molar-refractivity contribution in [3.8, 4) is 0 Å². The average molecular weight is 407 g/mol. The van der Waals surface area contributed by atoms with Crippen LogP contribution in [-0.4, -0.2) is 23.6 Å². The fourth-order valence-corrected chi connectivity index (χ4v) is 7.04. The highest BCUT2D eigenvalue weighted by atomic mass is 16.5. The standard InChI is InChI=1S/C26H30O4/c1-25-12-10-18(30-24(29)16-6-4-3-5-7-16)14-17(25)15-21(27)23-19-8-9-22(28)26(19,2)13-11-20(23)25/h3-7,15,18-20,23H,8-14H2,1-2H3/t18-,19-,20-,23-,25-,26-/m0/s1. The lowest BCUT2D eigenvalue weighted by atomic mass is 9.48. The first-order valence-electron chi connectivity index (χ1n) is 11.4. The first-order chi connectivity index (χ1) is 14.3. The van der Waals surface area contributed by atoms with E-state index in [1.165, 1.54) is 0 Å². The molecule has 0 aromatic heterocycles. The van der Waals surface area contributed by atoms with Gasteiger partial charge in [0.05, 0.1) is 5.56 Å². The van der Waals surface area contributed by atoms with Gasteiger partial charge in [0.1, 0.15) is 11.9 Å². The van der Waals surface area contributed by atoms with Gasteiger partial charge in [-0.15, -0.1) is 0 Å². The van der Waals surface area contributed by atoms with Gasteiger partial charge in [-0.25, -0.2) is 4.79 Å². The van der Waals surface area contributed by atoms with Gasteiger partial charge in [0.15, 0.2) is 5.78 Å². The Morgan fingerprint density at radius 1 is 0.967 bits per heavy atom. The summed E-state index contributed by atoms with van der Waals surface area (Å²) in [6.45, 7) is 4.40. The average Bonchev–Trinajstić information content (AvgIpc) is 3.04. The molecular formula is C26H30O4. The number of carbonyl (C=O) groups excluding carboxylic acids is 3. The molecule has 4 heteroatoms. The molecule has 4 aliphatic rings. The highest BCUT2D eigenvalue weighted by molar-refractivity contribution is 5.96. The summed E-state index contributed by atoms with van der Waals surface area (Å²) < 4.78 is 5.81. The van der Waals surface area contributed by atoms with Gasteiger partial charge in [0.2, 0.25) is 0 Å². The Bertz CT molecular complexity index is 932. The Morgan fingerprint density at radius 3 is 2.43 bits per heavy atom. The van der Waals surface area contributed by atoms with E-state index in [4.69, 9.17) is 4.74 Å². The van der Waals surface area contributed by atoms with E-state index in [0.29, 0.717) is 30.1 Å². The Balaban J connectivity index is 1.38. The van der Waals surface area contributed by atoms with Gasteiger partial charge in [-0.2, -0.15) is 0 Å². The minimum Gasteiger partial charge on any atom is -0.458 e. The zero-order chi connectivity index (χ0) is 21.1. The molecule has 3 fully saturated rings. The Labute approximate surface area is 178 Å². The van der Waals surface area contributed by atoms with Gasteiger partial charge in [-0.05, 0) is 67.6 Å². The maximum atomic E-state index is 13.3. The molecule has 0 spiro atoms. The quantitative estimate of drug-likeness (QED) is 0.654. The van der Waals surface area contributed by atoms with Crippen molar-refractivity contribution in [2.45, 2.75) is 64.9 Å². The lowest BCUT2D eigenvalue weighted by Crippen LogP contribution is -2.53. The monoisotopic (exact) mass is 406 g/mol. The summed E-state index contributed by atoms with van der Waals surface area (Å²) in [5.74, 6) is 0.748. The number of rotatable bonds is 2. The minimum atomic E-state index is -0.305. The van der Waals surface area contributed by atoms with Gasteiger partial charge >= 0.3 is 5.97 Å². The number of fused-ring (bicyclic) bond motifs is 5. The van der Waals surface area contributed by atoms with Gasteiger partial charge in [0, 0.05) is 24.2 Å². The smallest absolute Gasteiger partial charge is 0.338 e. The molecular weight excluding hydrogens is 376 g/mol. The molecule has 158 valence electrons. The number of ether oxygens (including phenoxy) is 1. The van der Waals surface area contributed by atoms with Gasteiger partial charge in [-0.3, -0.25) is 9.59 Å². The summed E-state index contributed by atoms with van der Waals surface area (Å²) in [5, 5.41) is 0. The molecule has 0 bridgehead atoms. The van der Waals surface area contributed by atoms with E-state index in [2.05, 4.69) is 13.8 Å². The van der Waals surface area contributed by atoms with E-state index in [1.807, 2.05) is 24.3 Å². The molecule has 5 rings (SSSR count). The molecule has 1 aromatic rings. The van der Waals surface area contributed by atoms with Gasteiger partial charge in [-0.1, -0.05) is 37.6 Å². The molecule has 4 aliphatic carbocycles. The summed E-state index contributed by atoms with van der Waals surface area (Å²) in [6.07, 6.45) is 7.41. The molecule has 30 heavy (non-hydrogen) atoms. The van der Waals surface area contributed by atoms with Crippen molar-refractivity contribution in [3.05, 3.63) is 47.5 Å². The highest BCUT2D eigenvalue weighted by Crippen LogP contribution is 2.63. The maximum Gasteiger partial charge on any atom is 0.338 e. The number of Topliss-reactive ketones (excluding diaryl/α,β-unsaturated/α-hetero) is 1. The second kappa shape index (κ2) is 6.90. The van der Waals surface area contributed by atoms with Crippen molar-refractivity contribution >= 4 is 17.5 Å². The largest absolute Gasteiger partial charge is 0.458 e. The number of hydrogen-bond donors (Lipinski definition) is 0. The van der Waals surface area contributed by atoms with Crippen LogP contribution in [-0.2, 0) is 14.3 Å². The molecule has 0 N–H and O–H groups in total. The van der Waals surface area contributed by atoms with E-state index >= 15 is 0 Å². The van der Waals surface area contributed by atoms with Crippen LogP contribution in [0.3, 0.4) is 0 Å². The number of carbonyl (C=O) groups is 3. The maximum absolute atomic E-state index is 13.3. The van der Waals surface area contributed by atoms with E-state index < -0.39 is 0 Å². The molecule has 0 amide bonds. The second-order valence-electron chi connectivity index (χ2n) is 10.3. The van der Waals surface area contributed by atoms with E-state index in [9.17, 15) is 14.4 Å². The number of benzene rings is 1. The van der Waals surface area contributed by atoms with Crippen LogP contribution in [0.1, 0.15) is 69.2 Å². The molecule has 0 heterocycles. The third-order valence-electron chi connectivity index (χ3n) is 8.89. The van der Waals surface area contributed by atoms with Crippen LogP contribution in [0.15, 0.2) is 42.0 Å². The van der Waals surface area contributed by atoms with E-state index in [0.717, 1.165) is 37.7 Å². The summed E-state index contributed by atoms with van der Waals surface area (Å²) in [5.41, 5.74) is 1.39. The van der Waals surface area contributed by atoms with Crippen LogP contribution < -0.4 is 0 Å². The van der Waals surface area contributed by atoms with Crippen molar-refractivity contribution in [2.24, 2.45) is 28.6 Å². The second-order valence-corrected chi connectivity index (χ2v) is 10.3. The summed E-state index contributed by atoms with van der Waals surface area (Å²) in [4.78, 5) is 38.3. The van der Waals surface area contributed by atoms with E-state index in [-0.39, 0.29) is 40.5 Å². The van der Waals surface area contributed by atoms with Crippen LogP contribution in [0.2, 0.25) is 0 Å². The Hall–Kier alpha value is -2.23. The minimum absolute atomic E-state index is 0.0210. The van der Waals surface area contributed by atoms with Crippen LogP contribution >= 0.6 is 0 Å². The first kappa shape index (κ1) is 19.7. The number of allylic oxidation sites excluding steroid dienone is 1. The third kappa shape index (κ3) is 2.83. The van der Waals surface area contributed by atoms with Crippen molar-refractivity contribution in [2.75, 3.05) is 0 Å². The summed E-state index contributed by atoms with van der Waals surface area (Å²) in [7, 11) is 0. The first-order valence-corrected chi connectivity index (χ1v) is 11.4. The van der Waals surface area contributed by atoms with Crippen molar-refractivity contribution in [1.29, 1.82) is 0 Å². The number of esters is 1. The van der Waals surface area contributed by atoms with E-state index in [1.54, 1.807) is 12.1 Å². The Morgan fingerprint density at radius 2 is 1.67 bits per heavy atom. The highest BCUT2D eigenvalue weighted by Gasteiger charge is 2.61. The van der Waals surface area contributed by atoms with Crippen LogP contribution in [0.25, 0.3) is 0 Å². The molecule has 0 unspecified atom stereocenters.